The Bertz CT molecular complexity index is 486. The molecule has 17 heavy (non-hydrogen) atoms. The molecular formula is C16H16O. The van der Waals surface area contributed by atoms with Crippen molar-refractivity contribution in [2.24, 2.45) is 5.92 Å². The van der Waals surface area contributed by atoms with E-state index in [2.05, 4.69) is 42.5 Å². The second-order valence-corrected chi connectivity index (χ2v) is 4.62. The summed E-state index contributed by atoms with van der Waals surface area (Å²) in [6.07, 6.45) is 2.65. The zero-order valence-corrected chi connectivity index (χ0v) is 9.80. The lowest BCUT2D eigenvalue weighted by atomic mass is 10.1. The molecule has 1 aliphatic rings. The molecule has 0 unspecified atom stereocenters. The minimum absolute atomic E-state index is 0.791. The molecule has 2 aromatic rings. The first-order valence-corrected chi connectivity index (χ1v) is 6.21. The maximum Gasteiger partial charge on any atom is 0.127 e. The molecule has 0 bridgehead atoms. The largest absolute Gasteiger partial charge is 0.493 e. The number of ether oxygens (including phenoxy) is 1. The third-order valence-electron chi connectivity index (χ3n) is 3.14. The van der Waals surface area contributed by atoms with Crippen molar-refractivity contribution in [3.05, 3.63) is 54.6 Å². The van der Waals surface area contributed by atoms with Gasteiger partial charge >= 0.3 is 0 Å². The fourth-order valence-electron chi connectivity index (χ4n) is 1.94. The Morgan fingerprint density at radius 1 is 0.882 bits per heavy atom. The van der Waals surface area contributed by atoms with E-state index < -0.39 is 0 Å². The van der Waals surface area contributed by atoms with Crippen LogP contribution >= 0.6 is 0 Å². The van der Waals surface area contributed by atoms with Gasteiger partial charge in [-0.05, 0) is 30.4 Å². The molecule has 1 heteroatoms. The second-order valence-electron chi connectivity index (χ2n) is 4.62. The molecular weight excluding hydrogens is 208 g/mol. The Morgan fingerprint density at radius 2 is 1.59 bits per heavy atom. The van der Waals surface area contributed by atoms with Crippen LogP contribution in [0.5, 0.6) is 5.75 Å². The van der Waals surface area contributed by atoms with E-state index in [1.54, 1.807) is 0 Å². The van der Waals surface area contributed by atoms with Crippen molar-refractivity contribution in [2.45, 2.75) is 12.8 Å². The Kier molecular flexibility index (Phi) is 2.83. The van der Waals surface area contributed by atoms with E-state index in [4.69, 9.17) is 4.74 Å². The van der Waals surface area contributed by atoms with Gasteiger partial charge in [0.25, 0.3) is 0 Å². The Morgan fingerprint density at radius 3 is 2.35 bits per heavy atom. The van der Waals surface area contributed by atoms with Gasteiger partial charge in [0.2, 0.25) is 0 Å². The quantitative estimate of drug-likeness (QED) is 0.758. The van der Waals surface area contributed by atoms with E-state index in [9.17, 15) is 0 Å². The molecule has 0 aliphatic heterocycles. The van der Waals surface area contributed by atoms with E-state index in [0.717, 1.165) is 18.3 Å². The molecule has 0 spiro atoms. The van der Waals surface area contributed by atoms with Crippen molar-refractivity contribution in [2.75, 3.05) is 6.61 Å². The lowest BCUT2D eigenvalue weighted by molar-refractivity contribution is 0.301. The zero-order valence-electron chi connectivity index (χ0n) is 9.80. The molecule has 1 saturated carbocycles. The third-order valence-corrected chi connectivity index (χ3v) is 3.14. The van der Waals surface area contributed by atoms with Crippen molar-refractivity contribution in [1.82, 2.24) is 0 Å². The van der Waals surface area contributed by atoms with Gasteiger partial charge in [-0.3, -0.25) is 0 Å². The van der Waals surface area contributed by atoms with Gasteiger partial charge in [0.15, 0.2) is 0 Å². The van der Waals surface area contributed by atoms with Crippen LogP contribution in [0.4, 0.5) is 0 Å². The van der Waals surface area contributed by atoms with E-state index in [1.807, 2.05) is 12.1 Å². The van der Waals surface area contributed by atoms with Gasteiger partial charge in [0, 0.05) is 5.56 Å². The van der Waals surface area contributed by atoms with Crippen LogP contribution in [-0.4, -0.2) is 6.61 Å². The Hall–Kier alpha value is -1.76. The highest BCUT2D eigenvalue weighted by Gasteiger charge is 2.22. The first-order valence-electron chi connectivity index (χ1n) is 6.21. The molecule has 86 valence electrons. The molecule has 2 aromatic carbocycles. The number of rotatable bonds is 4. The molecule has 0 N–H and O–H groups in total. The normalized spacial score (nSPS) is 14.6. The second kappa shape index (κ2) is 4.62. The van der Waals surface area contributed by atoms with Crippen LogP contribution in [0, 0.1) is 5.92 Å². The highest BCUT2D eigenvalue weighted by Crippen LogP contribution is 2.33. The molecule has 0 radical (unpaired) electrons. The predicted octanol–water partition coefficient (Wildman–Crippen LogP) is 4.14. The lowest BCUT2D eigenvalue weighted by Gasteiger charge is -2.11. The fourth-order valence-corrected chi connectivity index (χ4v) is 1.94. The van der Waals surface area contributed by atoms with Crippen molar-refractivity contribution in [1.29, 1.82) is 0 Å². The SMILES string of the molecule is c1ccc(-c2ccccc2OCC2CC2)cc1. The van der Waals surface area contributed by atoms with Crippen LogP contribution in [0.15, 0.2) is 54.6 Å². The van der Waals surface area contributed by atoms with Crippen molar-refractivity contribution in [3.63, 3.8) is 0 Å². The van der Waals surface area contributed by atoms with Gasteiger partial charge in [-0.25, -0.2) is 0 Å². The predicted molar refractivity (Wildman–Crippen MR) is 70.1 cm³/mol. The van der Waals surface area contributed by atoms with Gasteiger partial charge < -0.3 is 4.74 Å². The Labute approximate surface area is 102 Å². The van der Waals surface area contributed by atoms with Crippen LogP contribution in [-0.2, 0) is 0 Å². The number of hydrogen-bond donors (Lipinski definition) is 0. The molecule has 0 heterocycles. The van der Waals surface area contributed by atoms with Crippen LogP contribution in [0.1, 0.15) is 12.8 Å². The molecule has 0 saturated heterocycles. The number of benzene rings is 2. The van der Waals surface area contributed by atoms with Gasteiger partial charge in [0.1, 0.15) is 5.75 Å². The zero-order chi connectivity index (χ0) is 11.5. The van der Waals surface area contributed by atoms with Crippen LogP contribution in [0.3, 0.4) is 0 Å². The summed E-state index contributed by atoms with van der Waals surface area (Å²) in [6.45, 7) is 0.865. The average Bonchev–Trinajstić information content (AvgIpc) is 3.22. The minimum Gasteiger partial charge on any atom is -0.493 e. The summed E-state index contributed by atoms with van der Waals surface area (Å²) in [6, 6.07) is 18.7. The van der Waals surface area contributed by atoms with Gasteiger partial charge in [-0.1, -0.05) is 48.5 Å². The standard InChI is InChI=1S/C16H16O/c1-2-6-14(7-3-1)15-8-4-5-9-16(15)17-12-13-10-11-13/h1-9,13H,10-12H2. The van der Waals surface area contributed by atoms with Crippen LogP contribution in [0.25, 0.3) is 11.1 Å². The summed E-state index contributed by atoms with van der Waals surface area (Å²) < 4.78 is 5.92. The maximum atomic E-state index is 5.92. The lowest BCUT2D eigenvalue weighted by Crippen LogP contribution is -2.00. The summed E-state index contributed by atoms with van der Waals surface area (Å²) in [5, 5.41) is 0. The van der Waals surface area contributed by atoms with Crippen molar-refractivity contribution < 1.29 is 4.74 Å². The van der Waals surface area contributed by atoms with Crippen LogP contribution in [0.2, 0.25) is 0 Å². The van der Waals surface area contributed by atoms with E-state index in [-0.39, 0.29) is 0 Å². The van der Waals surface area contributed by atoms with E-state index in [1.165, 1.54) is 24.0 Å². The molecule has 0 atom stereocenters. The van der Waals surface area contributed by atoms with E-state index in [0.29, 0.717) is 0 Å². The first kappa shape index (κ1) is 10.4. The Balaban J connectivity index is 1.87. The van der Waals surface area contributed by atoms with Crippen molar-refractivity contribution in [3.8, 4) is 16.9 Å². The summed E-state index contributed by atoms with van der Waals surface area (Å²) in [7, 11) is 0. The maximum absolute atomic E-state index is 5.92. The number of para-hydroxylation sites is 1. The average molecular weight is 224 g/mol. The van der Waals surface area contributed by atoms with Gasteiger partial charge in [0.05, 0.1) is 6.61 Å². The van der Waals surface area contributed by atoms with E-state index >= 15 is 0 Å². The van der Waals surface area contributed by atoms with Gasteiger partial charge in [-0.2, -0.15) is 0 Å². The van der Waals surface area contributed by atoms with Crippen LogP contribution < -0.4 is 4.74 Å². The van der Waals surface area contributed by atoms with Gasteiger partial charge in [-0.15, -0.1) is 0 Å². The third kappa shape index (κ3) is 2.50. The summed E-state index contributed by atoms with van der Waals surface area (Å²) >= 11 is 0. The molecule has 0 aromatic heterocycles. The fraction of sp³-hybridized carbons (Fsp3) is 0.250. The number of hydrogen-bond acceptors (Lipinski definition) is 1. The first-order chi connectivity index (χ1) is 8.43. The smallest absolute Gasteiger partial charge is 0.127 e. The summed E-state index contributed by atoms with van der Waals surface area (Å²) in [4.78, 5) is 0. The molecule has 3 rings (SSSR count). The molecule has 1 nitrogen and oxygen atoms in total. The highest BCUT2D eigenvalue weighted by molar-refractivity contribution is 5.70. The summed E-state index contributed by atoms with van der Waals surface area (Å²) in [5.74, 6) is 1.80. The topological polar surface area (TPSA) is 9.23 Å². The van der Waals surface area contributed by atoms with Crippen molar-refractivity contribution >= 4 is 0 Å². The minimum atomic E-state index is 0.791. The summed E-state index contributed by atoms with van der Waals surface area (Å²) in [5.41, 5.74) is 2.41. The molecule has 0 amide bonds. The molecule has 1 aliphatic carbocycles. The molecule has 1 fully saturated rings. The highest BCUT2D eigenvalue weighted by atomic mass is 16.5. The monoisotopic (exact) mass is 224 g/mol.